The van der Waals surface area contributed by atoms with Gasteiger partial charge in [0, 0.05) is 12.1 Å². The molecule has 4 nitrogen and oxygen atoms in total. The van der Waals surface area contributed by atoms with Crippen LogP contribution < -0.4 is 0 Å². The average Bonchev–Trinajstić information content (AvgIpc) is 2.68. The van der Waals surface area contributed by atoms with Gasteiger partial charge in [0.1, 0.15) is 5.15 Å². The van der Waals surface area contributed by atoms with Crippen LogP contribution in [-0.2, 0) is 6.42 Å². The highest BCUT2D eigenvalue weighted by atomic mass is 35.5. The van der Waals surface area contributed by atoms with Gasteiger partial charge in [0.15, 0.2) is 0 Å². The van der Waals surface area contributed by atoms with Gasteiger partial charge < -0.3 is 0 Å². The molecular weight excluding hydrogens is 260 g/mol. The van der Waals surface area contributed by atoms with Gasteiger partial charge in [-0.05, 0) is 30.2 Å². The molecule has 0 saturated carbocycles. The molecule has 2 heterocycles. The minimum Gasteiger partial charge on any atom is -0.259 e. The molecule has 0 aliphatic carbocycles. The van der Waals surface area contributed by atoms with Crippen LogP contribution in [0.15, 0.2) is 29.4 Å². The number of hydrogen-bond donors (Lipinski definition) is 0. The first kappa shape index (κ1) is 12.4. The third-order valence-corrected chi connectivity index (χ3v) is 4.08. The van der Waals surface area contributed by atoms with Crippen LogP contribution in [-0.4, -0.2) is 15.7 Å². The second kappa shape index (κ2) is 5.51. The molecule has 17 heavy (non-hydrogen) atoms. The van der Waals surface area contributed by atoms with Crippen molar-refractivity contribution in [1.29, 1.82) is 0 Å². The van der Waals surface area contributed by atoms with Crippen molar-refractivity contribution in [1.82, 2.24) is 4.98 Å². The zero-order valence-electron chi connectivity index (χ0n) is 9.01. The molecular formula is C11H11ClN2O2S. The molecule has 0 aromatic carbocycles. The van der Waals surface area contributed by atoms with Crippen molar-refractivity contribution < 1.29 is 4.92 Å². The molecule has 6 heteroatoms. The third kappa shape index (κ3) is 3.44. The Morgan fingerprint density at radius 2 is 2.47 bits per heavy atom. The lowest BCUT2D eigenvalue weighted by Gasteiger charge is -2.08. The van der Waals surface area contributed by atoms with Crippen LogP contribution in [0.4, 0.5) is 0 Å². The van der Waals surface area contributed by atoms with E-state index in [0.29, 0.717) is 5.15 Å². The highest BCUT2D eigenvalue weighted by molar-refractivity contribution is 8.03. The quantitative estimate of drug-likeness (QED) is 0.481. The second-order valence-electron chi connectivity index (χ2n) is 3.84. The van der Waals surface area contributed by atoms with E-state index in [1.54, 1.807) is 24.0 Å². The average molecular weight is 271 g/mol. The predicted octanol–water partition coefficient (Wildman–Crippen LogP) is 3.15. The molecule has 0 bridgehead atoms. The first-order chi connectivity index (χ1) is 8.15. The summed E-state index contributed by atoms with van der Waals surface area (Å²) in [5, 5.41) is 11.0. The molecule has 1 saturated heterocycles. The molecule has 1 fully saturated rings. The molecule has 90 valence electrons. The SMILES string of the molecule is O=[N+]([O-])/C=C1\SCCC1Cc1ccc(Cl)nc1. The predicted molar refractivity (Wildman–Crippen MR) is 68.6 cm³/mol. The molecule has 1 aliphatic heterocycles. The van der Waals surface area contributed by atoms with Gasteiger partial charge in [0.2, 0.25) is 6.20 Å². The smallest absolute Gasteiger partial charge is 0.244 e. The Bertz CT molecular complexity index is 447. The first-order valence-electron chi connectivity index (χ1n) is 5.23. The van der Waals surface area contributed by atoms with E-state index < -0.39 is 0 Å². The molecule has 2 rings (SSSR count). The van der Waals surface area contributed by atoms with E-state index >= 15 is 0 Å². The monoisotopic (exact) mass is 270 g/mol. The maximum atomic E-state index is 10.5. The van der Waals surface area contributed by atoms with E-state index in [9.17, 15) is 10.1 Å². The van der Waals surface area contributed by atoms with Gasteiger partial charge in [0.25, 0.3) is 0 Å². The van der Waals surface area contributed by atoms with Gasteiger partial charge in [-0.3, -0.25) is 10.1 Å². The lowest BCUT2D eigenvalue weighted by Crippen LogP contribution is -2.03. The molecule has 0 N–H and O–H groups in total. The number of aromatic nitrogens is 1. The molecule has 0 radical (unpaired) electrons. The highest BCUT2D eigenvalue weighted by Crippen LogP contribution is 2.38. The van der Waals surface area contributed by atoms with Gasteiger partial charge in [-0.2, -0.15) is 0 Å². The van der Waals surface area contributed by atoms with Crippen molar-refractivity contribution in [3.05, 3.63) is 50.3 Å². The normalized spacial score (nSPS) is 21.9. The summed E-state index contributed by atoms with van der Waals surface area (Å²) in [6.45, 7) is 0. The minimum atomic E-state index is -0.374. The number of allylic oxidation sites excluding steroid dienone is 1. The van der Waals surface area contributed by atoms with Crippen LogP contribution in [0.5, 0.6) is 0 Å². The van der Waals surface area contributed by atoms with Gasteiger partial charge in [0.05, 0.1) is 9.83 Å². The summed E-state index contributed by atoms with van der Waals surface area (Å²) >= 11 is 7.28. The lowest BCUT2D eigenvalue weighted by atomic mass is 9.98. The Hall–Kier alpha value is -1.07. The second-order valence-corrected chi connectivity index (χ2v) is 5.40. The van der Waals surface area contributed by atoms with E-state index in [4.69, 9.17) is 11.6 Å². The maximum Gasteiger partial charge on any atom is 0.244 e. The fraction of sp³-hybridized carbons (Fsp3) is 0.364. The number of hydrogen-bond acceptors (Lipinski definition) is 4. The number of pyridine rings is 1. The molecule has 0 amide bonds. The zero-order valence-corrected chi connectivity index (χ0v) is 10.6. The van der Waals surface area contributed by atoms with E-state index in [1.807, 2.05) is 6.07 Å². The summed E-state index contributed by atoms with van der Waals surface area (Å²) in [5.74, 6) is 1.19. The van der Waals surface area contributed by atoms with Crippen molar-refractivity contribution >= 4 is 23.4 Å². The van der Waals surface area contributed by atoms with Crippen LogP contribution >= 0.6 is 23.4 Å². The molecule has 1 atom stereocenters. The fourth-order valence-electron chi connectivity index (χ4n) is 1.84. The lowest BCUT2D eigenvalue weighted by molar-refractivity contribution is -0.403. The van der Waals surface area contributed by atoms with Crippen molar-refractivity contribution in [3.8, 4) is 0 Å². The third-order valence-electron chi connectivity index (χ3n) is 2.64. The van der Waals surface area contributed by atoms with E-state index in [2.05, 4.69) is 4.98 Å². The van der Waals surface area contributed by atoms with Crippen LogP contribution in [0.1, 0.15) is 12.0 Å². The minimum absolute atomic E-state index is 0.244. The largest absolute Gasteiger partial charge is 0.259 e. The summed E-state index contributed by atoms with van der Waals surface area (Å²) in [5.41, 5.74) is 1.07. The molecule has 0 spiro atoms. The van der Waals surface area contributed by atoms with Crippen molar-refractivity contribution in [2.45, 2.75) is 12.8 Å². The number of rotatable bonds is 3. The Morgan fingerprint density at radius 3 is 3.12 bits per heavy atom. The maximum absolute atomic E-state index is 10.5. The molecule has 1 unspecified atom stereocenters. The first-order valence-corrected chi connectivity index (χ1v) is 6.60. The summed E-state index contributed by atoms with van der Waals surface area (Å²) in [7, 11) is 0. The summed E-state index contributed by atoms with van der Waals surface area (Å²) < 4.78 is 0. The van der Waals surface area contributed by atoms with E-state index in [-0.39, 0.29) is 10.8 Å². The molecule has 1 aromatic heterocycles. The Kier molecular flexibility index (Phi) is 4.02. The summed E-state index contributed by atoms with van der Waals surface area (Å²) in [6.07, 6.45) is 4.63. The Morgan fingerprint density at radius 1 is 1.65 bits per heavy atom. The number of nitrogens with zero attached hydrogens (tertiary/aromatic N) is 2. The standard InChI is InChI=1S/C11H11ClN2O2S/c12-11-2-1-8(6-13-11)5-9-3-4-17-10(9)7-14(15)16/h1-2,6-7,9H,3-5H2/b10-7-. The Balaban J connectivity index is 2.07. The highest BCUT2D eigenvalue weighted by Gasteiger charge is 2.24. The molecule has 1 aliphatic rings. The zero-order chi connectivity index (χ0) is 12.3. The van der Waals surface area contributed by atoms with E-state index in [0.717, 1.165) is 35.3 Å². The van der Waals surface area contributed by atoms with Crippen LogP contribution in [0.2, 0.25) is 5.15 Å². The van der Waals surface area contributed by atoms with Crippen LogP contribution in [0.25, 0.3) is 0 Å². The van der Waals surface area contributed by atoms with Crippen molar-refractivity contribution in [2.24, 2.45) is 5.92 Å². The number of thioether (sulfide) groups is 1. The van der Waals surface area contributed by atoms with E-state index in [1.165, 1.54) is 0 Å². The van der Waals surface area contributed by atoms with Crippen LogP contribution in [0.3, 0.4) is 0 Å². The van der Waals surface area contributed by atoms with Gasteiger partial charge >= 0.3 is 0 Å². The van der Waals surface area contributed by atoms with Crippen molar-refractivity contribution in [3.63, 3.8) is 0 Å². The van der Waals surface area contributed by atoms with Gasteiger partial charge in [-0.15, -0.1) is 11.8 Å². The number of halogens is 1. The fourth-order valence-corrected chi connectivity index (χ4v) is 3.19. The Labute approximate surface area is 108 Å². The number of nitro groups is 1. The molecule has 1 aromatic rings. The summed E-state index contributed by atoms with van der Waals surface area (Å²) in [4.78, 5) is 15.0. The topological polar surface area (TPSA) is 56.0 Å². The van der Waals surface area contributed by atoms with Gasteiger partial charge in [-0.1, -0.05) is 17.7 Å². The van der Waals surface area contributed by atoms with Crippen molar-refractivity contribution in [2.75, 3.05) is 5.75 Å². The summed E-state index contributed by atoms with van der Waals surface area (Å²) in [6, 6.07) is 3.66. The van der Waals surface area contributed by atoms with Gasteiger partial charge in [-0.25, -0.2) is 4.98 Å². The van der Waals surface area contributed by atoms with Crippen LogP contribution in [0, 0.1) is 16.0 Å².